The molecule has 6 rings (SSSR count). The van der Waals surface area contributed by atoms with Gasteiger partial charge in [0.05, 0.1) is 45.3 Å². The highest BCUT2D eigenvalue weighted by Crippen LogP contribution is 2.33. The van der Waals surface area contributed by atoms with Gasteiger partial charge in [-0.1, -0.05) is 63.8 Å². The summed E-state index contributed by atoms with van der Waals surface area (Å²) in [5.41, 5.74) is 7.64. The standard InChI is InChI=1S/C46H54N6O7/c1-28(2)37(23-42(54)58-6)44(55)51-20-8-9-40(51)38-21-35(24-47-38)33-16-12-31(13-17-33)10-11-32-14-18-34(19-15-32)36-22-39(48-25-36)41-26-50(30(5)53)27-52(41)45(56)43(29(3)4)49-46(57)59-7/h12-19,24-25,28-29,37,40-41,43H,8-9,20-23,26-27H2,1-7H3,(H,49,57)/t37-,40-,41-,43-/m0/s1. The van der Waals surface area contributed by atoms with Crippen LogP contribution in [0, 0.1) is 29.6 Å². The van der Waals surface area contributed by atoms with Crippen molar-refractivity contribution in [2.75, 3.05) is 34.0 Å². The van der Waals surface area contributed by atoms with Crippen molar-refractivity contribution < 1.29 is 33.4 Å². The zero-order valence-corrected chi connectivity index (χ0v) is 35.0. The van der Waals surface area contributed by atoms with Crippen LogP contribution in [0.3, 0.4) is 0 Å². The number of nitrogens with zero attached hydrogens (tertiary/aromatic N) is 5. The minimum atomic E-state index is -0.816. The summed E-state index contributed by atoms with van der Waals surface area (Å²) in [4.78, 5) is 78.5. The molecule has 0 spiro atoms. The van der Waals surface area contributed by atoms with Gasteiger partial charge in [0.2, 0.25) is 17.7 Å². The summed E-state index contributed by atoms with van der Waals surface area (Å²) in [6.07, 6.45) is 6.05. The fourth-order valence-corrected chi connectivity index (χ4v) is 8.06. The Morgan fingerprint density at radius 2 is 1.32 bits per heavy atom. The molecular weight excluding hydrogens is 749 g/mol. The number of rotatable bonds is 11. The maximum absolute atomic E-state index is 13.8. The van der Waals surface area contributed by atoms with E-state index < -0.39 is 24.1 Å². The maximum atomic E-state index is 13.8. The Morgan fingerprint density at radius 1 is 0.763 bits per heavy atom. The van der Waals surface area contributed by atoms with Crippen molar-refractivity contribution >= 4 is 52.4 Å². The zero-order valence-electron chi connectivity index (χ0n) is 35.0. The Balaban J connectivity index is 1.04. The van der Waals surface area contributed by atoms with E-state index in [2.05, 4.69) is 29.3 Å². The number of esters is 1. The summed E-state index contributed by atoms with van der Waals surface area (Å²) < 4.78 is 9.62. The largest absolute Gasteiger partial charge is 0.469 e. The molecule has 4 aliphatic rings. The molecule has 2 aromatic carbocycles. The number of alkyl carbamates (subject to hydrolysis) is 1. The molecule has 0 aromatic heterocycles. The molecule has 13 nitrogen and oxygen atoms in total. The minimum Gasteiger partial charge on any atom is -0.469 e. The van der Waals surface area contributed by atoms with Crippen LogP contribution in [0.4, 0.5) is 4.79 Å². The molecule has 1 N–H and O–H groups in total. The van der Waals surface area contributed by atoms with E-state index in [4.69, 9.17) is 19.5 Å². The molecule has 13 heteroatoms. The van der Waals surface area contributed by atoms with Crippen LogP contribution < -0.4 is 5.32 Å². The molecule has 2 saturated heterocycles. The van der Waals surface area contributed by atoms with Gasteiger partial charge in [-0.25, -0.2) is 4.79 Å². The van der Waals surface area contributed by atoms with Gasteiger partial charge in [0.15, 0.2) is 0 Å². The quantitative estimate of drug-likeness (QED) is 0.227. The van der Waals surface area contributed by atoms with Gasteiger partial charge in [0.1, 0.15) is 6.04 Å². The van der Waals surface area contributed by atoms with E-state index >= 15 is 0 Å². The number of benzene rings is 2. The van der Waals surface area contributed by atoms with E-state index in [1.54, 1.807) is 9.80 Å². The molecule has 59 heavy (non-hydrogen) atoms. The highest BCUT2D eigenvalue weighted by Gasteiger charge is 2.42. The SMILES string of the molecule is COC(=O)C[C@H](C(=O)N1CCC[C@H]1C1=NC=C(c2ccc(C#Cc3ccc(C4=CN=C([C@@H]5CN(C(C)=O)CN5C(=O)[C@@H](NC(=O)OC)C(C)C)C4)cc3)cc2)C1)C(C)C. The second-order valence-corrected chi connectivity index (χ2v) is 16.2. The predicted molar refractivity (Wildman–Crippen MR) is 226 cm³/mol. The lowest BCUT2D eigenvalue weighted by atomic mass is 9.90. The van der Waals surface area contributed by atoms with E-state index in [1.807, 2.05) is 81.4 Å². The van der Waals surface area contributed by atoms with Crippen LogP contribution in [0.25, 0.3) is 11.1 Å². The molecule has 4 atom stereocenters. The smallest absolute Gasteiger partial charge is 0.407 e. The second-order valence-electron chi connectivity index (χ2n) is 16.2. The first-order valence-corrected chi connectivity index (χ1v) is 20.3. The number of carbonyl (C=O) groups is 5. The van der Waals surface area contributed by atoms with Crippen LogP contribution in [-0.4, -0.2) is 108 Å². The first-order valence-electron chi connectivity index (χ1n) is 20.3. The average molecular weight is 803 g/mol. The van der Waals surface area contributed by atoms with Crippen molar-refractivity contribution in [3.05, 3.63) is 83.2 Å². The molecule has 4 aliphatic heterocycles. The number of aliphatic imine (C=N–C) groups is 2. The van der Waals surface area contributed by atoms with Crippen LogP contribution in [0.15, 0.2) is 70.9 Å². The highest BCUT2D eigenvalue weighted by molar-refractivity contribution is 6.05. The maximum Gasteiger partial charge on any atom is 0.407 e. The minimum absolute atomic E-state index is 0.00231. The number of hydrogen-bond acceptors (Lipinski definition) is 9. The normalized spacial score (nSPS) is 19.7. The summed E-state index contributed by atoms with van der Waals surface area (Å²) in [6.45, 7) is 10.2. The van der Waals surface area contributed by atoms with E-state index in [0.717, 1.165) is 57.7 Å². The second kappa shape index (κ2) is 18.7. The molecule has 4 heterocycles. The Labute approximate surface area is 346 Å². The monoisotopic (exact) mass is 802 g/mol. The molecule has 0 saturated carbocycles. The third-order valence-electron chi connectivity index (χ3n) is 11.6. The van der Waals surface area contributed by atoms with Gasteiger partial charge >= 0.3 is 12.1 Å². The third-order valence-corrected chi connectivity index (χ3v) is 11.6. The number of allylic oxidation sites excluding steroid dienone is 2. The van der Waals surface area contributed by atoms with Crippen molar-refractivity contribution in [1.82, 2.24) is 20.0 Å². The summed E-state index contributed by atoms with van der Waals surface area (Å²) in [5.74, 6) is 5.12. The van der Waals surface area contributed by atoms with E-state index in [1.165, 1.54) is 21.1 Å². The zero-order chi connectivity index (χ0) is 42.4. The van der Waals surface area contributed by atoms with Gasteiger partial charge in [-0.3, -0.25) is 29.2 Å². The van der Waals surface area contributed by atoms with Crippen molar-refractivity contribution in [3.8, 4) is 11.8 Å². The molecule has 2 aromatic rings. The highest BCUT2D eigenvalue weighted by atomic mass is 16.5. The van der Waals surface area contributed by atoms with E-state index in [0.29, 0.717) is 25.9 Å². The lowest BCUT2D eigenvalue weighted by Crippen LogP contribution is -2.54. The number of likely N-dealkylation sites (tertiary alicyclic amines) is 1. The Morgan fingerprint density at radius 3 is 1.81 bits per heavy atom. The molecule has 4 amide bonds. The summed E-state index contributed by atoms with van der Waals surface area (Å²) in [5, 5.41) is 2.65. The predicted octanol–water partition coefficient (Wildman–Crippen LogP) is 5.68. The molecule has 310 valence electrons. The fraction of sp³-hybridized carbons (Fsp3) is 0.457. The fourth-order valence-electron chi connectivity index (χ4n) is 8.06. The van der Waals surface area contributed by atoms with Gasteiger partial charge in [0, 0.05) is 67.8 Å². The summed E-state index contributed by atoms with van der Waals surface area (Å²) in [7, 11) is 2.61. The first kappa shape index (κ1) is 42.6. The molecule has 2 fully saturated rings. The topological polar surface area (TPSA) is 150 Å². The van der Waals surface area contributed by atoms with Crippen LogP contribution in [0.1, 0.15) is 89.0 Å². The van der Waals surface area contributed by atoms with Crippen molar-refractivity contribution in [2.45, 2.75) is 84.8 Å². The molecular formula is C46H54N6O7. The Kier molecular flexibility index (Phi) is 13.5. The van der Waals surface area contributed by atoms with Crippen LogP contribution >= 0.6 is 0 Å². The van der Waals surface area contributed by atoms with Gasteiger partial charge in [-0.05, 0) is 71.2 Å². The summed E-state index contributed by atoms with van der Waals surface area (Å²) in [6, 6.07) is 14.8. The number of hydrogen-bond donors (Lipinski definition) is 1. The van der Waals surface area contributed by atoms with E-state index in [9.17, 15) is 24.0 Å². The van der Waals surface area contributed by atoms with E-state index in [-0.39, 0.29) is 54.7 Å². The van der Waals surface area contributed by atoms with Crippen molar-refractivity contribution in [3.63, 3.8) is 0 Å². The van der Waals surface area contributed by atoms with Gasteiger partial charge in [-0.2, -0.15) is 0 Å². The number of nitrogens with one attached hydrogen (secondary N) is 1. The van der Waals surface area contributed by atoms with Crippen LogP contribution in [0.2, 0.25) is 0 Å². The third kappa shape index (κ3) is 9.82. The van der Waals surface area contributed by atoms with Crippen molar-refractivity contribution in [2.24, 2.45) is 27.7 Å². The number of amides is 4. The van der Waals surface area contributed by atoms with Gasteiger partial charge in [0.25, 0.3) is 0 Å². The molecule has 0 radical (unpaired) electrons. The lowest BCUT2D eigenvalue weighted by Gasteiger charge is -2.30. The Bertz CT molecular complexity index is 2140. The van der Waals surface area contributed by atoms with Crippen LogP contribution in [0.5, 0.6) is 0 Å². The number of methoxy groups -OCH3 is 2. The summed E-state index contributed by atoms with van der Waals surface area (Å²) >= 11 is 0. The van der Waals surface area contributed by atoms with Crippen molar-refractivity contribution in [1.29, 1.82) is 0 Å². The van der Waals surface area contributed by atoms with Gasteiger partial charge in [-0.15, -0.1) is 0 Å². The first-order chi connectivity index (χ1) is 28.3. The Hall–Kier alpha value is -6.03. The van der Waals surface area contributed by atoms with Crippen LogP contribution in [-0.2, 0) is 28.7 Å². The average Bonchev–Trinajstić information content (AvgIpc) is 4.07. The van der Waals surface area contributed by atoms with Gasteiger partial charge < -0.3 is 29.5 Å². The molecule has 0 unspecified atom stereocenters. The number of carbonyl (C=O) groups excluding carboxylic acids is 5. The molecule has 0 aliphatic carbocycles. The number of ether oxygens (including phenoxy) is 2. The lowest BCUT2D eigenvalue weighted by molar-refractivity contribution is -0.148. The molecule has 0 bridgehead atoms.